The summed E-state index contributed by atoms with van der Waals surface area (Å²) in [4.78, 5) is 0. The van der Waals surface area contributed by atoms with Crippen LogP contribution in [0.4, 0.5) is 0 Å². The van der Waals surface area contributed by atoms with E-state index in [4.69, 9.17) is 0 Å². The van der Waals surface area contributed by atoms with E-state index in [-0.39, 0.29) is 20.9 Å². The Morgan fingerprint density at radius 2 is 1.44 bits per heavy atom. The van der Waals surface area contributed by atoms with Crippen LogP contribution in [0.15, 0.2) is 60.7 Å². The third-order valence-electron chi connectivity index (χ3n) is 2.09. The molecule has 0 aliphatic heterocycles. The summed E-state index contributed by atoms with van der Waals surface area (Å²) < 4.78 is 4.00. The van der Waals surface area contributed by atoms with Gasteiger partial charge in [0.2, 0.25) is 0 Å². The molecule has 2 aromatic carbocycles. The van der Waals surface area contributed by atoms with Gasteiger partial charge in [-0.3, -0.25) is 0 Å². The van der Waals surface area contributed by atoms with Crippen molar-refractivity contribution in [3.05, 3.63) is 60.7 Å². The van der Waals surface area contributed by atoms with E-state index in [0.29, 0.717) is 15.0 Å². The molecule has 2 rings (SSSR count). The first-order valence-corrected chi connectivity index (χ1v) is 9.63. The van der Waals surface area contributed by atoms with Crippen LogP contribution in [0.1, 0.15) is 6.92 Å². The van der Waals surface area contributed by atoms with Crippen molar-refractivity contribution in [1.82, 2.24) is 0 Å². The van der Waals surface area contributed by atoms with Crippen LogP contribution in [0.2, 0.25) is 2.86 Å². The second-order valence-corrected chi connectivity index (χ2v) is 12.5. The van der Waals surface area contributed by atoms with Gasteiger partial charge in [-0.05, 0) is 0 Å². The van der Waals surface area contributed by atoms with Gasteiger partial charge in [0.25, 0.3) is 0 Å². The molecule has 0 radical (unpaired) electrons. The summed E-state index contributed by atoms with van der Waals surface area (Å²) in [7, 11) is 0. The zero-order chi connectivity index (χ0) is 11.2. The summed E-state index contributed by atoms with van der Waals surface area (Å²) in [6.07, 6.45) is 0. The molecule has 1 atom stereocenters. The van der Waals surface area contributed by atoms with Crippen molar-refractivity contribution in [3.8, 4) is 0 Å². The van der Waals surface area contributed by atoms with Crippen molar-refractivity contribution in [1.29, 1.82) is 0 Å². The molecule has 0 aliphatic carbocycles. The number of hydrogen-bond donors (Lipinski definition) is 0. The van der Waals surface area contributed by atoms with Gasteiger partial charge < -0.3 is 0 Å². The Hall–Kier alpha value is -0.251. The van der Waals surface area contributed by atoms with Crippen molar-refractivity contribution in [2.24, 2.45) is 0 Å². The summed E-state index contributed by atoms with van der Waals surface area (Å²) >= 11 is 0.618. The molecule has 2 aromatic rings. The minimum atomic E-state index is -0.0203. The molecule has 0 saturated heterocycles. The Morgan fingerprint density at radius 3 is 2.06 bits per heavy atom. The second-order valence-electron chi connectivity index (χ2n) is 3.43. The first-order chi connectivity index (χ1) is 7.84. The molecule has 0 heterocycles. The fraction of sp³-hybridized carbons (Fsp3) is 0.143. The first kappa shape index (κ1) is 12.2. The molecule has 82 valence electrons. The SMILES string of the molecule is CC([Se]c1ccccc1)[Te]c1ccccc1. The van der Waals surface area contributed by atoms with Crippen LogP contribution in [-0.4, -0.2) is 35.9 Å². The van der Waals surface area contributed by atoms with Gasteiger partial charge in [-0.15, -0.1) is 0 Å². The topological polar surface area (TPSA) is 0 Å². The van der Waals surface area contributed by atoms with E-state index in [1.807, 2.05) is 0 Å². The molecule has 0 aromatic heterocycles. The number of hydrogen-bond acceptors (Lipinski definition) is 0. The molecule has 2 heteroatoms. The zero-order valence-corrected chi connectivity index (χ0v) is 13.2. The van der Waals surface area contributed by atoms with Crippen LogP contribution >= 0.6 is 0 Å². The van der Waals surface area contributed by atoms with Crippen LogP contribution in [-0.2, 0) is 0 Å². The zero-order valence-electron chi connectivity index (χ0n) is 9.17. The van der Waals surface area contributed by atoms with Crippen molar-refractivity contribution in [2.45, 2.75) is 9.79 Å². The van der Waals surface area contributed by atoms with E-state index >= 15 is 0 Å². The van der Waals surface area contributed by atoms with Gasteiger partial charge in [-0.25, -0.2) is 0 Å². The van der Waals surface area contributed by atoms with Gasteiger partial charge in [0.1, 0.15) is 0 Å². The molecule has 1 unspecified atom stereocenters. The summed E-state index contributed by atoms with van der Waals surface area (Å²) in [6, 6.07) is 21.9. The summed E-state index contributed by atoms with van der Waals surface area (Å²) in [5.74, 6) is 0. The van der Waals surface area contributed by atoms with Gasteiger partial charge in [0.05, 0.1) is 0 Å². The van der Waals surface area contributed by atoms with Crippen LogP contribution < -0.4 is 8.07 Å². The summed E-state index contributed by atoms with van der Waals surface area (Å²) in [5.41, 5.74) is 0. The molecular formula is C14H14SeTe. The van der Waals surface area contributed by atoms with Gasteiger partial charge in [-0.2, -0.15) is 0 Å². The van der Waals surface area contributed by atoms with Crippen LogP contribution in [0, 0.1) is 0 Å². The van der Waals surface area contributed by atoms with Crippen molar-refractivity contribution in [2.75, 3.05) is 0 Å². The van der Waals surface area contributed by atoms with E-state index in [2.05, 4.69) is 67.6 Å². The van der Waals surface area contributed by atoms with E-state index in [9.17, 15) is 0 Å². The number of benzene rings is 2. The predicted octanol–water partition coefficient (Wildman–Crippen LogP) is 1.81. The number of rotatable bonds is 4. The van der Waals surface area contributed by atoms with Crippen LogP contribution in [0.3, 0.4) is 0 Å². The maximum atomic E-state index is 2.40. The Labute approximate surface area is 114 Å². The molecule has 0 bridgehead atoms. The molecule has 0 nitrogen and oxygen atoms in total. The van der Waals surface area contributed by atoms with Gasteiger partial charge >= 0.3 is 114 Å². The summed E-state index contributed by atoms with van der Waals surface area (Å²) in [6.45, 7) is 2.40. The quantitative estimate of drug-likeness (QED) is 0.701. The maximum absolute atomic E-state index is 2.40. The first-order valence-electron chi connectivity index (χ1n) is 5.28. The van der Waals surface area contributed by atoms with Gasteiger partial charge in [-0.1, -0.05) is 0 Å². The summed E-state index contributed by atoms with van der Waals surface area (Å²) in [5, 5.41) is 0. The Morgan fingerprint density at radius 1 is 0.875 bits per heavy atom. The molecule has 0 amide bonds. The Bertz CT molecular complexity index is 372. The molecule has 0 saturated carbocycles. The van der Waals surface area contributed by atoms with Crippen molar-refractivity contribution >= 4 is 44.0 Å². The fourth-order valence-electron chi connectivity index (χ4n) is 1.41. The standard InChI is InChI=1S/C14H14SeTe/c1-12(15-13-8-4-2-5-9-13)16-14-10-6-3-7-11-14/h2-12H,1H3. The molecular weight excluding hydrogens is 375 g/mol. The average molecular weight is 389 g/mol. The van der Waals surface area contributed by atoms with Crippen LogP contribution in [0.25, 0.3) is 0 Å². The normalized spacial score (nSPS) is 12.3. The van der Waals surface area contributed by atoms with E-state index < -0.39 is 0 Å². The third-order valence-corrected chi connectivity index (χ3v) is 9.21. The Kier molecular flexibility index (Phi) is 4.94. The molecule has 16 heavy (non-hydrogen) atoms. The van der Waals surface area contributed by atoms with E-state index in [1.54, 1.807) is 3.61 Å². The third kappa shape index (κ3) is 3.96. The van der Waals surface area contributed by atoms with Gasteiger partial charge in [0, 0.05) is 0 Å². The van der Waals surface area contributed by atoms with Crippen molar-refractivity contribution in [3.63, 3.8) is 0 Å². The van der Waals surface area contributed by atoms with Crippen LogP contribution in [0.5, 0.6) is 0 Å². The molecule has 0 N–H and O–H groups in total. The molecule has 0 spiro atoms. The predicted molar refractivity (Wildman–Crippen MR) is 73.1 cm³/mol. The van der Waals surface area contributed by atoms with E-state index in [0.717, 1.165) is 2.86 Å². The second kappa shape index (κ2) is 6.48. The average Bonchev–Trinajstić information content (AvgIpc) is 2.31. The van der Waals surface area contributed by atoms with Crippen molar-refractivity contribution < 1.29 is 0 Å². The molecule has 0 aliphatic rings. The molecule has 0 fully saturated rings. The Balaban J connectivity index is 1.92. The monoisotopic (exact) mass is 392 g/mol. The minimum absolute atomic E-state index is 0.0203. The van der Waals surface area contributed by atoms with E-state index in [1.165, 1.54) is 4.46 Å². The van der Waals surface area contributed by atoms with Gasteiger partial charge in [0.15, 0.2) is 0 Å². The fourth-order valence-corrected chi connectivity index (χ4v) is 8.89.